The molecule has 0 aliphatic carbocycles. The summed E-state index contributed by atoms with van der Waals surface area (Å²) in [7, 11) is 0. The predicted octanol–water partition coefficient (Wildman–Crippen LogP) is -24.4. The van der Waals surface area contributed by atoms with Crippen LogP contribution in [0, 0.1) is 0 Å². The Balaban J connectivity index is 0.875. The van der Waals surface area contributed by atoms with Crippen LogP contribution in [0.15, 0.2) is 0 Å². The lowest BCUT2D eigenvalue weighted by atomic mass is 9.93. The molecule has 0 aromatic rings. The Hall–Kier alpha value is -4.81. The zero-order valence-electron chi connectivity index (χ0n) is 79.0. The van der Waals surface area contributed by atoms with Gasteiger partial charge in [-0.05, 0) is 13.8 Å². The van der Waals surface area contributed by atoms with Gasteiger partial charge in [0.25, 0.3) is 0 Å². The van der Waals surface area contributed by atoms with Crippen LogP contribution < -0.4 is 26.6 Å². The highest BCUT2D eigenvalue weighted by Crippen LogP contribution is 2.43. The molecule has 60 atom stereocenters. The van der Waals surface area contributed by atoms with E-state index in [0.717, 1.165) is 34.6 Å². The molecule has 12 fully saturated rings. The van der Waals surface area contributed by atoms with Crippen molar-refractivity contribution >= 4 is 29.5 Å². The number of carbonyl (C=O) groups is 5. The zero-order chi connectivity index (χ0) is 107. The minimum absolute atomic E-state index is 0.872. The van der Waals surface area contributed by atoms with Gasteiger partial charge in [-0.1, -0.05) is 0 Å². The third-order valence-electron chi connectivity index (χ3n) is 27.0. The van der Waals surface area contributed by atoms with E-state index in [9.17, 15) is 182 Å². The first-order chi connectivity index (χ1) is 69.0. The van der Waals surface area contributed by atoms with Gasteiger partial charge in [0.1, 0.15) is 280 Å². The van der Waals surface area contributed by atoms with Crippen molar-refractivity contribution in [3.8, 4) is 0 Å². The Morgan fingerprint density at radius 2 is 0.438 bits per heavy atom. The first-order valence-corrected chi connectivity index (χ1v) is 46.9. The molecule has 0 saturated carbocycles. The molecular formula is C82H137N5O59. The Morgan fingerprint density at radius 3 is 0.863 bits per heavy atom. The minimum Gasteiger partial charge on any atom is -0.394 e. The maximum Gasteiger partial charge on any atom is 0.217 e. The average Bonchev–Trinajstić information content (AvgIpc) is 0.847. The van der Waals surface area contributed by atoms with Crippen molar-refractivity contribution in [3.05, 3.63) is 0 Å². The fourth-order valence-electron chi connectivity index (χ4n) is 19.1. The van der Waals surface area contributed by atoms with Crippen molar-refractivity contribution in [2.24, 2.45) is 0 Å². The van der Waals surface area contributed by atoms with Crippen molar-refractivity contribution in [2.45, 2.75) is 417 Å². The average molecular weight is 2140 g/mol. The van der Waals surface area contributed by atoms with Crippen molar-refractivity contribution in [2.75, 3.05) is 66.1 Å². The molecule has 12 aliphatic heterocycles. The quantitative estimate of drug-likeness (QED) is 0.0275. The second kappa shape index (κ2) is 52.2. The van der Waals surface area contributed by atoms with Gasteiger partial charge in [-0.2, -0.15) is 0 Å². The Labute approximate surface area is 827 Å². The lowest BCUT2D eigenvalue weighted by molar-refractivity contribution is -0.404. The molecule has 844 valence electrons. The van der Waals surface area contributed by atoms with Gasteiger partial charge in [-0.3, -0.25) is 24.0 Å². The molecular weight excluding hydrogens is 2000 g/mol. The normalized spacial score (nSPS) is 49.8. The number of hydrogen-bond acceptors (Lipinski definition) is 59. The number of nitrogens with one attached hydrogen (secondary N) is 5. The van der Waals surface area contributed by atoms with E-state index < -0.39 is 464 Å². The maximum absolute atomic E-state index is 13.5. The molecule has 12 rings (SSSR count). The highest BCUT2D eigenvalue weighted by molar-refractivity contribution is 5.75. The Kier molecular flexibility index (Phi) is 42.8. The summed E-state index contributed by atoms with van der Waals surface area (Å²) in [5.41, 5.74) is 0. The third kappa shape index (κ3) is 26.4. The summed E-state index contributed by atoms with van der Waals surface area (Å²) in [6.07, 6.45) is -117. The number of hydrogen-bond donors (Lipinski definition) is 36. The number of amides is 5. The molecule has 36 N–H and O–H groups in total. The summed E-state index contributed by atoms with van der Waals surface area (Å²) in [5, 5.41) is 364. The van der Waals surface area contributed by atoms with Gasteiger partial charge in [0.2, 0.25) is 29.5 Å². The van der Waals surface area contributed by atoms with E-state index in [1.165, 1.54) is 13.8 Å². The van der Waals surface area contributed by atoms with Gasteiger partial charge in [-0.25, -0.2) is 0 Å². The number of aliphatic hydroxyl groups is 31. The second-order valence-corrected chi connectivity index (χ2v) is 37.3. The Morgan fingerprint density at radius 1 is 0.192 bits per heavy atom. The molecule has 64 heteroatoms. The molecule has 12 aliphatic rings. The van der Waals surface area contributed by atoms with E-state index in [2.05, 4.69) is 26.6 Å². The fraction of sp³-hybridized carbons (Fsp3) is 0.939. The monoisotopic (exact) mass is 2140 g/mol. The van der Waals surface area contributed by atoms with Crippen molar-refractivity contribution in [1.29, 1.82) is 0 Å². The molecule has 64 nitrogen and oxygen atoms in total. The number of ether oxygens (including phenoxy) is 23. The molecule has 0 radical (unpaired) electrons. The Bertz CT molecular complexity index is 4090. The van der Waals surface area contributed by atoms with E-state index in [-0.39, 0.29) is 0 Å². The molecule has 0 aromatic carbocycles. The van der Waals surface area contributed by atoms with Crippen LogP contribution in [-0.2, 0) is 133 Å². The van der Waals surface area contributed by atoms with Gasteiger partial charge < -0.3 is 294 Å². The van der Waals surface area contributed by atoms with Crippen molar-refractivity contribution in [3.63, 3.8) is 0 Å². The van der Waals surface area contributed by atoms with Gasteiger partial charge in [0.15, 0.2) is 75.5 Å². The minimum atomic E-state index is -2.70. The standard InChI is InChI=1S/C82H137N5O59/c1-18-40(101)53(114)58(119)76(126-18)124-17-34-65(49(110)35(71(123)128-34)83-20(3)96)138-73-37(85-22(5)98)50(111)63(31(14-94)134-73)140-79-61(122)66(142-81-69(57(118)45(106)28(11-91)132-81)145-75-38(86-23(6)99)51(112)62(30(13-93)135-75)139-78-60(121)55(116)43(104)26(9-89)130-78)47(108)33(137-79)16-125-80-68(56(117)44(105)27(10-90)131-80)144-74-39(87-24(7)100)52(113)64(32(15-95)136-74)141-82-70(146-77-59(120)54(115)41(102)19(2)127-77)67(46(107)29(12-92)133-82)143-72-36(84-21(4)97)48(109)42(103)25(8-88)129-72/h18-19,25-82,88-95,101-123H,8-17H2,1-7H3,(H,83,96)(H,84,97)(H,85,98)(H,86,99)(H,87,100)/t18-,19-,25-,26-,27-,28-,29-,30-,31-,32-,33-,34-,35-,36-,37-,38-,39-,40+,41+,42+,43+,44-,45-,46+,47-,48-,49-,50-,51-,52-,53+,54+,55+,56+,57+,58-,59-,60-,61+,62-,63-,64-,65-,66+,67+,68+,69+,70-,71-,72-,73+,74+,75+,76+,77-,78+,79+,80+,81-,82+/m1/s1. The van der Waals surface area contributed by atoms with E-state index >= 15 is 0 Å². The van der Waals surface area contributed by atoms with Gasteiger partial charge in [0.05, 0.1) is 78.3 Å². The van der Waals surface area contributed by atoms with Crippen molar-refractivity contribution in [1.82, 2.24) is 26.6 Å². The summed E-state index contributed by atoms with van der Waals surface area (Å²) in [6, 6.07) is -9.85. The summed E-state index contributed by atoms with van der Waals surface area (Å²) >= 11 is 0. The topological polar surface area (TPSA) is 985 Å². The van der Waals surface area contributed by atoms with E-state index in [4.69, 9.17) is 109 Å². The summed E-state index contributed by atoms with van der Waals surface area (Å²) in [6.45, 7) is -4.60. The molecule has 0 bridgehead atoms. The van der Waals surface area contributed by atoms with Gasteiger partial charge >= 0.3 is 0 Å². The summed E-state index contributed by atoms with van der Waals surface area (Å²) < 4.78 is 139. The SMILES string of the molecule is CC(=O)N[C@@H]1[C@@H](O)[C@H](O[C@@H]2O[C@H](CO)[C@@H](O[C@@H]3O[C@H](CO[C@H]4O[C@H](CO)[C@@H](O)[C@H](O)[C@@H]4O[C@@H]4O[C@H](CO)[C@@H](O[C@@H]5O[C@H](CO)[C@H](O)[C@H](O[C@H]6O[C@H](CO)[C@H](O)[C@H](O)[C@H]6NC(C)=O)[C@H]5O[C@H]5O[C@H](C)[C@H](O)[C@H](O)[C@H]5O)[C@H](O)[C@H]4NC(C)=O)[C@@H](O)[C@H](O[C@H]4O[C@H](CO)[C@@H](O)[C@H](O)[C@@H]4O[C@@H]4O[C@H](CO)[C@@H](O[C@@H]5O[C@H](CO)[C@H](O)[C@H](O)[C@H]5O)[C@H](O)[C@H]4NC(C)=O)[C@@H]3O)[C@H](O)[C@H]2NC(C)=O)[C@@H](CO[C@H]2O[C@H](C)[C@H](O)[C@H](O)[C@H]2O)O[C@H]1O. The first kappa shape index (κ1) is 120. The smallest absolute Gasteiger partial charge is 0.217 e. The predicted molar refractivity (Wildman–Crippen MR) is 450 cm³/mol. The van der Waals surface area contributed by atoms with Crippen LogP contribution in [0.25, 0.3) is 0 Å². The number of aliphatic hydroxyl groups excluding tert-OH is 31. The van der Waals surface area contributed by atoms with Crippen LogP contribution in [-0.4, -0.2) is 622 Å². The number of carbonyl (C=O) groups excluding carboxylic acids is 5. The summed E-state index contributed by atoms with van der Waals surface area (Å²) in [4.78, 5) is 65.2. The molecule has 0 aromatic heterocycles. The molecule has 146 heavy (non-hydrogen) atoms. The molecule has 12 saturated heterocycles. The van der Waals surface area contributed by atoms with E-state index in [1.54, 1.807) is 0 Å². The first-order valence-electron chi connectivity index (χ1n) is 46.9. The van der Waals surface area contributed by atoms with Crippen LogP contribution in [0.3, 0.4) is 0 Å². The second-order valence-electron chi connectivity index (χ2n) is 37.3. The van der Waals surface area contributed by atoms with Crippen LogP contribution >= 0.6 is 0 Å². The summed E-state index contributed by atoms with van der Waals surface area (Å²) in [5.74, 6) is -4.85. The fourth-order valence-corrected chi connectivity index (χ4v) is 19.1. The largest absolute Gasteiger partial charge is 0.394 e. The van der Waals surface area contributed by atoms with Crippen LogP contribution in [0.2, 0.25) is 0 Å². The van der Waals surface area contributed by atoms with E-state index in [0.29, 0.717) is 0 Å². The highest BCUT2D eigenvalue weighted by Gasteiger charge is 2.64. The lowest BCUT2D eigenvalue weighted by Gasteiger charge is -2.51. The lowest BCUT2D eigenvalue weighted by Crippen LogP contribution is -2.71. The molecule has 12 heterocycles. The molecule has 0 unspecified atom stereocenters. The van der Waals surface area contributed by atoms with Crippen molar-refractivity contribution < 1.29 is 291 Å². The van der Waals surface area contributed by atoms with Crippen LogP contribution in [0.1, 0.15) is 48.5 Å². The van der Waals surface area contributed by atoms with Crippen LogP contribution in [0.4, 0.5) is 0 Å². The van der Waals surface area contributed by atoms with E-state index in [1.807, 2.05) is 0 Å². The highest BCUT2D eigenvalue weighted by atomic mass is 16.8. The molecule has 5 amide bonds. The number of rotatable bonds is 37. The third-order valence-corrected chi connectivity index (χ3v) is 27.0. The molecule has 0 spiro atoms. The van der Waals surface area contributed by atoms with Crippen LogP contribution in [0.5, 0.6) is 0 Å². The maximum atomic E-state index is 13.5. The van der Waals surface area contributed by atoms with Gasteiger partial charge in [0, 0.05) is 34.6 Å². The zero-order valence-corrected chi connectivity index (χ0v) is 79.0. The van der Waals surface area contributed by atoms with Gasteiger partial charge in [-0.15, -0.1) is 0 Å².